The zero-order chi connectivity index (χ0) is 15.4. The van der Waals surface area contributed by atoms with Crippen LogP contribution in [-0.2, 0) is 11.3 Å². The van der Waals surface area contributed by atoms with Crippen LogP contribution in [0.4, 0.5) is 10.6 Å². The van der Waals surface area contributed by atoms with Crippen molar-refractivity contribution in [1.29, 1.82) is 0 Å². The fraction of sp³-hybridized carbons (Fsp3) is 0.733. The molecule has 2 amide bonds. The van der Waals surface area contributed by atoms with E-state index in [4.69, 9.17) is 4.74 Å². The van der Waals surface area contributed by atoms with Gasteiger partial charge in [0.05, 0.1) is 18.8 Å². The van der Waals surface area contributed by atoms with Gasteiger partial charge in [-0.05, 0) is 26.2 Å². The molecule has 2 heterocycles. The molecule has 1 fully saturated rings. The molecular weight excluding hydrogens is 268 g/mol. The van der Waals surface area contributed by atoms with Gasteiger partial charge in [0.1, 0.15) is 0 Å². The van der Waals surface area contributed by atoms with E-state index >= 15 is 0 Å². The summed E-state index contributed by atoms with van der Waals surface area (Å²) < 4.78 is 7.41. The van der Waals surface area contributed by atoms with Crippen molar-refractivity contribution in [3.8, 4) is 0 Å². The summed E-state index contributed by atoms with van der Waals surface area (Å²) in [5.74, 6) is 1.25. The number of hydrogen-bond donors (Lipinski definition) is 1. The van der Waals surface area contributed by atoms with Crippen LogP contribution in [0.15, 0.2) is 12.3 Å². The van der Waals surface area contributed by atoms with Crippen molar-refractivity contribution in [3.63, 3.8) is 0 Å². The molecule has 1 aromatic rings. The minimum absolute atomic E-state index is 0.0631. The van der Waals surface area contributed by atoms with E-state index in [1.165, 1.54) is 0 Å². The monoisotopic (exact) mass is 294 g/mol. The topological polar surface area (TPSA) is 59.4 Å². The Morgan fingerprint density at radius 3 is 3.00 bits per heavy atom. The van der Waals surface area contributed by atoms with E-state index in [0.29, 0.717) is 24.9 Å². The number of aryl methyl sites for hydroxylation is 1. The smallest absolute Gasteiger partial charge is 0.323 e. The Kier molecular flexibility index (Phi) is 5.22. The van der Waals surface area contributed by atoms with Gasteiger partial charge in [-0.15, -0.1) is 0 Å². The van der Waals surface area contributed by atoms with E-state index in [2.05, 4.69) is 24.3 Å². The summed E-state index contributed by atoms with van der Waals surface area (Å²) in [6.07, 6.45) is 3.05. The Bertz CT molecular complexity index is 472. The summed E-state index contributed by atoms with van der Waals surface area (Å²) in [5, 5.41) is 7.26. The van der Waals surface area contributed by atoms with Gasteiger partial charge in [-0.25, -0.2) is 4.79 Å². The maximum absolute atomic E-state index is 12.3. The summed E-state index contributed by atoms with van der Waals surface area (Å²) in [5.41, 5.74) is 0. The number of urea groups is 1. The lowest BCUT2D eigenvalue weighted by atomic mass is 10.1. The lowest BCUT2D eigenvalue weighted by Gasteiger charge is -2.37. The minimum atomic E-state index is -0.105. The molecule has 0 radical (unpaired) electrons. The van der Waals surface area contributed by atoms with E-state index < -0.39 is 0 Å². The zero-order valence-corrected chi connectivity index (χ0v) is 13.4. The molecule has 2 atom stereocenters. The fourth-order valence-corrected chi connectivity index (χ4v) is 2.34. The molecule has 6 nitrogen and oxygen atoms in total. The number of aromatic nitrogens is 2. The number of anilines is 1. The molecule has 1 aliphatic rings. The SMILES string of the molecule is CC(C)CCn1ccc(NC(=O)N2CCO[C@H](C)[C@@H]2C)n1. The van der Waals surface area contributed by atoms with Crippen molar-refractivity contribution < 1.29 is 9.53 Å². The molecule has 1 aromatic heterocycles. The third kappa shape index (κ3) is 4.20. The third-order valence-corrected chi connectivity index (χ3v) is 3.96. The number of nitrogens with zero attached hydrogens (tertiary/aromatic N) is 3. The quantitative estimate of drug-likeness (QED) is 0.928. The van der Waals surface area contributed by atoms with Gasteiger partial charge in [-0.2, -0.15) is 5.10 Å². The molecule has 1 N–H and O–H groups in total. The molecule has 1 saturated heterocycles. The Balaban J connectivity index is 1.90. The number of ether oxygens (including phenoxy) is 1. The number of carbonyl (C=O) groups excluding carboxylic acids is 1. The molecule has 1 aliphatic heterocycles. The number of nitrogens with one attached hydrogen (secondary N) is 1. The first-order valence-electron chi connectivity index (χ1n) is 7.70. The Morgan fingerprint density at radius 2 is 2.29 bits per heavy atom. The van der Waals surface area contributed by atoms with Crippen molar-refractivity contribution in [2.24, 2.45) is 5.92 Å². The Labute approximate surface area is 126 Å². The van der Waals surface area contributed by atoms with Crippen molar-refractivity contribution in [2.45, 2.75) is 52.8 Å². The number of rotatable bonds is 4. The van der Waals surface area contributed by atoms with E-state index in [0.717, 1.165) is 13.0 Å². The van der Waals surface area contributed by atoms with Crippen molar-refractivity contribution >= 4 is 11.8 Å². The van der Waals surface area contributed by atoms with Crippen molar-refractivity contribution in [2.75, 3.05) is 18.5 Å². The molecular formula is C15H26N4O2. The summed E-state index contributed by atoms with van der Waals surface area (Å²) >= 11 is 0. The number of amides is 2. The highest BCUT2D eigenvalue weighted by atomic mass is 16.5. The largest absolute Gasteiger partial charge is 0.375 e. The van der Waals surface area contributed by atoms with Crippen LogP contribution >= 0.6 is 0 Å². The summed E-state index contributed by atoms with van der Waals surface area (Å²) in [6.45, 7) is 10.4. The van der Waals surface area contributed by atoms with Gasteiger partial charge in [0, 0.05) is 25.4 Å². The van der Waals surface area contributed by atoms with Crippen molar-refractivity contribution in [3.05, 3.63) is 12.3 Å². The average molecular weight is 294 g/mol. The highest BCUT2D eigenvalue weighted by molar-refractivity contribution is 5.88. The molecule has 0 spiro atoms. The minimum Gasteiger partial charge on any atom is -0.375 e. The van der Waals surface area contributed by atoms with E-state index in [-0.39, 0.29) is 18.2 Å². The molecule has 21 heavy (non-hydrogen) atoms. The number of morpholine rings is 1. The number of hydrogen-bond acceptors (Lipinski definition) is 3. The van der Waals surface area contributed by atoms with Crippen molar-refractivity contribution in [1.82, 2.24) is 14.7 Å². The van der Waals surface area contributed by atoms with E-state index in [1.807, 2.05) is 30.8 Å². The first kappa shape index (κ1) is 15.8. The van der Waals surface area contributed by atoms with Gasteiger partial charge >= 0.3 is 6.03 Å². The maximum atomic E-state index is 12.3. The van der Waals surface area contributed by atoms with Crippen LogP contribution < -0.4 is 5.32 Å². The second kappa shape index (κ2) is 6.93. The van der Waals surface area contributed by atoms with Gasteiger partial charge in [0.25, 0.3) is 0 Å². The molecule has 0 aromatic carbocycles. The molecule has 118 valence electrons. The number of carbonyl (C=O) groups is 1. The van der Waals surface area contributed by atoms with Gasteiger partial charge < -0.3 is 9.64 Å². The molecule has 2 rings (SSSR count). The third-order valence-electron chi connectivity index (χ3n) is 3.96. The molecule has 6 heteroatoms. The predicted octanol–water partition coefficient (Wildman–Crippen LogP) is 2.57. The first-order chi connectivity index (χ1) is 9.97. The highest BCUT2D eigenvalue weighted by Gasteiger charge is 2.29. The summed E-state index contributed by atoms with van der Waals surface area (Å²) in [4.78, 5) is 14.1. The van der Waals surface area contributed by atoms with E-state index in [9.17, 15) is 4.79 Å². The van der Waals surface area contributed by atoms with Crippen LogP contribution in [0.25, 0.3) is 0 Å². The Hall–Kier alpha value is -1.56. The fourth-order valence-electron chi connectivity index (χ4n) is 2.34. The zero-order valence-electron chi connectivity index (χ0n) is 13.4. The van der Waals surface area contributed by atoms with Crippen LogP contribution in [0.3, 0.4) is 0 Å². The summed E-state index contributed by atoms with van der Waals surface area (Å²) in [6, 6.07) is 1.81. The second-order valence-electron chi connectivity index (χ2n) is 6.09. The molecule has 0 saturated carbocycles. The molecule has 0 aliphatic carbocycles. The standard InChI is InChI=1S/C15H26N4O2/c1-11(2)5-7-18-8-6-14(17-18)16-15(20)19-9-10-21-13(4)12(19)3/h6,8,11-13H,5,7,9-10H2,1-4H3,(H,16,17,20)/t12-,13+/m0/s1. The highest BCUT2D eigenvalue weighted by Crippen LogP contribution is 2.15. The van der Waals surface area contributed by atoms with E-state index in [1.54, 1.807) is 4.90 Å². The van der Waals surface area contributed by atoms with Gasteiger partial charge in [0.2, 0.25) is 0 Å². The predicted molar refractivity (Wildman–Crippen MR) is 82.3 cm³/mol. The van der Waals surface area contributed by atoms with Crippen LogP contribution in [0.5, 0.6) is 0 Å². The molecule has 0 unspecified atom stereocenters. The summed E-state index contributed by atoms with van der Waals surface area (Å²) in [7, 11) is 0. The van der Waals surface area contributed by atoms with Crippen LogP contribution in [0, 0.1) is 5.92 Å². The van der Waals surface area contributed by atoms with Gasteiger partial charge in [0.15, 0.2) is 5.82 Å². The van der Waals surface area contributed by atoms with Gasteiger partial charge in [-0.3, -0.25) is 10.00 Å². The van der Waals surface area contributed by atoms with Crippen LogP contribution in [0.1, 0.15) is 34.1 Å². The average Bonchev–Trinajstić information content (AvgIpc) is 2.87. The molecule has 0 bridgehead atoms. The Morgan fingerprint density at radius 1 is 1.52 bits per heavy atom. The van der Waals surface area contributed by atoms with Crippen LogP contribution in [-0.4, -0.2) is 46.0 Å². The van der Waals surface area contributed by atoms with Gasteiger partial charge in [-0.1, -0.05) is 13.8 Å². The normalized spacial score (nSPS) is 22.6. The first-order valence-corrected chi connectivity index (χ1v) is 7.70. The lowest BCUT2D eigenvalue weighted by molar-refractivity contribution is -0.0355. The lowest BCUT2D eigenvalue weighted by Crippen LogP contribution is -2.52. The maximum Gasteiger partial charge on any atom is 0.323 e. The van der Waals surface area contributed by atoms with Crippen LogP contribution in [0.2, 0.25) is 0 Å². The second-order valence-corrected chi connectivity index (χ2v) is 6.09.